The summed E-state index contributed by atoms with van der Waals surface area (Å²) in [6, 6.07) is 3.25. The normalized spacial score (nSPS) is 12.6. The third kappa shape index (κ3) is 3.70. The van der Waals surface area contributed by atoms with Crippen molar-refractivity contribution < 1.29 is 13.2 Å². The van der Waals surface area contributed by atoms with E-state index in [2.05, 4.69) is 20.7 Å². The zero-order chi connectivity index (χ0) is 14.1. The largest absolute Gasteiger partial charge is 0.495 e. The zero-order valence-electron chi connectivity index (χ0n) is 11.2. The second-order valence-corrected chi connectivity index (χ2v) is 7.61. The Hall–Kier alpha value is -0.590. The predicted octanol–water partition coefficient (Wildman–Crippen LogP) is 2.84. The molecule has 1 N–H and O–H groups in total. The first-order valence-corrected chi connectivity index (χ1v) is 7.72. The van der Waals surface area contributed by atoms with Crippen LogP contribution in [0.15, 0.2) is 21.5 Å². The van der Waals surface area contributed by atoms with Gasteiger partial charge in [-0.1, -0.05) is 15.9 Å². The molecular formula is C12H18BrNO3S. The molecule has 0 fully saturated rings. The summed E-state index contributed by atoms with van der Waals surface area (Å²) in [4.78, 5) is 0.136. The predicted molar refractivity (Wildman–Crippen MR) is 75.5 cm³/mol. The van der Waals surface area contributed by atoms with E-state index in [4.69, 9.17) is 4.74 Å². The van der Waals surface area contributed by atoms with Gasteiger partial charge in [0.05, 0.1) is 7.11 Å². The number of benzene rings is 1. The fraction of sp³-hybridized carbons (Fsp3) is 0.500. The number of nitrogens with one attached hydrogen (secondary N) is 1. The molecule has 0 aromatic heterocycles. The highest BCUT2D eigenvalue weighted by Gasteiger charge is 2.25. The lowest BCUT2D eigenvalue weighted by molar-refractivity contribution is 0.400. The Morgan fingerprint density at radius 2 is 1.83 bits per heavy atom. The minimum absolute atomic E-state index is 0.136. The van der Waals surface area contributed by atoms with Crippen LogP contribution in [-0.4, -0.2) is 21.1 Å². The van der Waals surface area contributed by atoms with Gasteiger partial charge in [-0.15, -0.1) is 0 Å². The number of hydrogen-bond acceptors (Lipinski definition) is 3. The van der Waals surface area contributed by atoms with Gasteiger partial charge in [-0.25, -0.2) is 13.1 Å². The lowest BCUT2D eigenvalue weighted by atomic mass is 10.1. The second-order valence-electron chi connectivity index (χ2n) is 5.11. The van der Waals surface area contributed by atoms with Crippen LogP contribution in [-0.2, 0) is 10.0 Å². The Balaban J connectivity index is 3.36. The zero-order valence-corrected chi connectivity index (χ0v) is 13.6. The van der Waals surface area contributed by atoms with Crippen molar-refractivity contribution >= 4 is 26.0 Å². The topological polar surface area (TPSA) is 55.4 Å². The number of ether oxygens (including phenoxy) is 1. The van der Waals surface area contributed by atoms with Crippen LogP contribution in [0.25, 0.3) is 0 Å². The summed E-state index contributed by atoms with van der Waals surface area (Å²) < 4.78 is 33.0. The first kappa shape index (κ1) is 15.5. The third-order valence-electron chi connectivity index (χ3n) is 2.17. The van der Waals surface area contributed by atoms with Gasteiger partial charge in [0.2, 0.25) is 10.0 Å². The van der Waals surface area contributed by atoms with Gasteiger partial charge in [0.25, 0.3) is 0 Å². The van der Waals surface area contributed by atoms with E-state index in [9.17, 15) is 8.42 Å². The molecule has 0 atom stereocenters. The van der Waals surface area contributed by atoms with Gasteiger partial charge in [0, 0.05) is 10.0 Å². The van der Waals surface area contributed by atoms with Gasteiger partial charge in [-0.05, 0) is 45.4 Å². The van der Waals surface area contributed by atoms with Crippen molar-refractivity contribution in [2.45, 2.75) is 38.1 Å². The van der Waals surface area contributed by atoms with E-state index in [0.29, 0.717) is 5.75 Å². The monoisotopic (exact) mass is 335 g/mol. The van der Waals surface area contributed by atoms with E-state index >= 15 is 0 Å². The van der Waals surface area contributed by atoms with Crippen molar-refractivity contribution in [3.8, 4) is 5.75 Å². The Labute approximate surface area is 117 Å². The van der Waals surface area contributed by atoms with Gasteiger partial charge >= 0.3 is 0 Å². The number of sulfonamides is 1. The third-order valence-corrected chi connectivity index (χ3v) is 4.81. The highest BCUT2D eigenvalue weighted by molar-refractivity contribution is 9.10. The van der Waals surface area contributed by atoms with Crippen molar-refractivity contribution in [3.63, 3.8) is 0 Å². The van der Waals surface area contributed by atoms with Crippen molar-refractivity contribution in [3.05, 3.63) is 22.2 Å². The summed E-state index contributed by atoms with van der Waals surface area (Å²) in [7, 11) is -2.15. The number of methoxy groups -OCH3 is 1. The highest BCUT2D eigenvalue weighted by atomic mass is 79.9. The van der Waals surface area contributed by atoms with Gasteiger partial charge in [-0.2, -0.15) is 0 Å². The molecule has 4 nitrogen and oxygen atoms in total. The van der Waals surface area contributed by atoms with E-state index < -0.39 is 15.6 Å². The molecule has 18 heavy (non-hydrogen) atoms. The van der Waals surface area contributed by atoms with Gasteiger partial charge in [0.15, 0.2) is 0 Å². The molecule has 0 amide bonds. The number of hydrogen-bond donors (Lipinski definition) is 1. The van der Waals surface area contributed by atoms with E-state index in [0.717, 1.165) is 10.0 Å². The molecule has 1 aromatic rings. The van der Waals surface area contributed by atoms with Crippen LogP contribution >= 0.6 is 15.9 Å². The quantitative estimate of drug-likeness (QED) is 0.923. The molecule has 0 aliphatic heterocycles. The van der Waals surface area contributed by atoms with E-state index in [1.807, 2.05) is 6.92 Å². The van der Waals surface area contributed by atoms with Gasteiger partial charge in [-0.3, -0.25) is 0 Å². The Morgan fingerprint density at radius 1 is 1.28 bits per heavy atom. The fourth-order valence-corrected chi connectivity index (χ4v) is 3.56. The molecule has 0 unspecified atom stereocenters. The van der Waals surface area contributed by atoms with E-state index in [1.54, 1.807) is 32.9 Å². The molecule has 0 aliphatic rings. The molecule has 0 bridgehead atoms. The lowest BCUT2D eigenvalue weighted by Crippen LogP contribution is -2.40. The number of aryl methyl sites for hydroxylation is 1. The minimum Gasteiger partial charge on any atom is -0.495 e. The van der Waals surface area contributed by atoms with Crippen molar-refractivity contribution in [1.82, 2.24) is 4.72 Å². The van der Waals surface area contributed by atoms with Crippen molar-refractivity contribution in [2.75, 3.05) is 7.11 Å². The van der Waals surface area contributed by atoms with Crippen molar-refractivity contribution in [1.29, 1.82) is 0 Å². The molecule has 102 valence electrons. The summed E-state index contributed by atoms with van der Waals surface area (Å²) in [5, 5.41) is 0. The standard InChI is InChI=1S/C12H18BrNO3S/c1-8-6-10(17-5)11(7-9(8)13)18(15,16)14-12(2,3)4/h6-7,14H,1-5H3. The van der Waals surface area contributed by atoms with E-state index in [1.165, 1.54) is 7.11 Å². The molecule has 0 spiro atoms. The average molecular weight is 336 g/mol. The first-order valence-electron chi connectivity index (χ1n) is 5.45. The molecule has 0 saturated heterocycles. The van der Waals surface area contributed by atoms with Crippen LogP contribution in [0.2, 0.25) is 0 Å². The molecule has 0 saturated carbocycles. The molecular weight excluding hydrogens is 318 g/mol. The lowest BCUT2D eigenvalue weighted by Gasteiger charge is -2.21. The Morgan fingerprint density at radius 3 is 2.28 bits per heavy atom. The Bertz CT molecular complexity index is 547. The molecule has 0 heterocycles. The molecule has 0 radical (unpaired) electrons. The summed E-state index contributed by atoms with van der Waals surface area (Å²) in [6.45, 7) is 7.25. The van der Waals surface area contributed by atoms with Crippen LogP contribution in [0, 0.1) is 6.92 Å². The second kappa shape index (κ2) is 5.19. The average Bonchev–Trinajstić information content (AvgIpc) is 2.17. The fourth-order valence-electron chi connectivity index (χ4n) is 1.46. The number of halogens is 1. The van der Waals surface area contributed by atoms with Crippen LogP contribution in [0.3, 0.4) is 0 Å². The van der Waals surface area contributed by atoms with Crippen LogP contribution in [0.5, 0.6) is 5.75 Å². The first-order chi connectivity index (χ1) is 8.07. The maximum absolute atomic E-state index is 12.3. The van der Waals surface area contributed by atoms with E-state index in [-0.39, 0.29) is 4.90 Å². The minimum atomic E-state index is -3.60. The van der Waals surface area contributed by atoms with Crippen LogP contribution in [0.1, 0.15) is 26.3 Å². The maximum Gasteiger partial charge on any atom is 0.244 e. The Kier molecular flexibility index (Phi) is 4.46. The molecule has 1 aromatic carbocycles. The van der Waals surface area contributed by atoms with Crippen molar-refractivity contribution in [2.24, 2.45) is 0 Å². The summed E-state index contributed by atoms with van der Waals surface area (Å²) in [5.74, 6) is 0.340. The molecule has 6 heteroatoms. The summed E-state index contributed by atoms with van der Waals surface area (Å²) in [5.41, 5.74) is 0.378. The SMILES string of the molecule is COc1cc(C)c(Br)cc1S(=O)(=O)NC(C)(C)C. The maximum atomic E-state index is 12.3. The highest BCUT2D eigenvalue weighted by Crippen LogP contribution is 2.30. The smallest absolute Gasteiger partial charge is 0.244 e. The summed E-state index contributed by atoms with van der Waals surface area (Å²) in [6.07, 6.45) is 0. The number of rotatable bonds is 3. The summed E-state index contributed by atoms with van der Waals surface area (Å²) >= 11 is 3.33. The van der Waals surface area contributed by atoms with Gasteiger partial charge < -0.3 is 4.74 Å². The van der Waals surface area contributed by atoms with Crippen LogP contribution in [0.4, 0.5) is 0 Å². The molecule has 0 aliphatic carbocycles. The molecule has 1 rings (SSSR count). The van der Waals surface area contributed by atoms with Crippen LogP contribution < -0.4 is 9.46 Å². The van der Waals surface area contributed by atoms with Gasteiger partial charge in [0.1, 0.15) is 10.6 Å².